The van der Waals surface area contributed by atoms with Gasteiger partial charge in [-0.15, -0.1) is 11.3 Å². The largest absolute Gasteiger partial charge is 0.416 e. The first kappa shape index (κ1) is 28.6. The fraction of sp³-hybridized carbons (Fsp3) is 0.346. The highest BCUT2D eigenvalue weighted by atomic mass is 35.5. The molecular weight excluding hydrogens is 559 g/mol. The Hall–Kier alpha value is -2.44. The van der Waals surface area contributed by atoms with Crippen molar-refractivity contribution in [2.75, 3.05) is 20.1 Å². The fourth-order valence-electron chi connectivity index (χ4n) is 4.35. The van der Waals surface area contributed by atoms with Gasteiger partial charge in [0.05, 0.1) is 12.1 Å². The van der Waals surface area contributed by atoms with Crippen molar-refractivity contribution in [3.63, 3.8) is 0 Å². The molecule has 2 heterocycles. The van der Waals surface area contributed by atoms with Crippen LogP contribution in [0.3, 0.4) is 0 Å². The molecule has 1 fully saturated rings. The number of amides is 1. The molecule has 1 aliphatic rings. The maximum absolute atomic E-state index is 13.0. The van der Waals surface area contributed by atoms with E-state index in [2.05, 4.69) is 9.62 Å². The van der Waals surface area contributed by atoms with Gasteiger partial charge in [0.15, 0.2) is 0 Å². The minimum atomic E-state index is -4.38. The molecule has 1 unspecified atom stereocenters. The number of thiophene rings is 1. The van der Waals surface area contributed by atoms with Gasteiger partial charge in [-0.05, 0) is 73.5 Å². The molecule has 0 saturated carbocycles. The lowest BCUT2D eigenvalue weighted by atomic mass is 10.1. The Kier molecular flexibility index (Phi) is 8.83. The van der Waals surface area contributed by atoms with Crippen LogP contribution in [0.25, 0.3) is 0 Å². The smallest absolute Gasteiger partial charge is 0.337 e. The van der Waals surface area contributed by atoms with Gasteiger partial charge in [-0.3, -0.25) is 9.69 Å². The topological polar surface area (TPSA) is 69.7 Å². The molecule has 1 saturated heterocycles. The third-order valence-electron chi connectivity index (χ3n) is 6.41. The highest BCUT2D eigenvalue weighted by Gasteiger charge is 2.31. The Morgan fingerprint density at radius 3 is 2.45 bits per heavy atom. The summed E-state index contributed by atoms with van der Waals surface area (Å²) in [6, 6.07) is 14.8. The van der Waals surface area contributed by atoms with Gasteiger partial charge in [0.25, 0.3) is 5.91 Å². The third kappa shape index (κ3) is 7.15. The lowest BCUT2D eigenvalue weighted by molar-refractivity contribution is -0.137. The summed E-state index contributed by atoms with van der Waals surface area (Å²) in [6.45, 7) is 1.64. The van der Waals surface area contributed by atoms with E-state index in [1.165, 1.54) is 23.1 Å². The van der Waals surface area contributed by atoms with Crippen molar-refractivity contribution in [1.82, 2.24) is 14.5 Å². The molecule has 1 N–H and O–H groups in total. The number of hydrogen-bond acceptors (Lipinski definition) is 5. The molecular formula is C26H27ClF3N3O3S2. The number of carbonyl (C=O) groups excluding carboxylic acids is 1. The van der Waals surface area contributed by atoms with Crippen LogP contribution in [0.5, 0.6) is 0 Å². The molecule has 1 aromatic heterocycles. The second kappa shape index (κ2) is 11.7. The van der Waals surface area contributed by atoms with E-state index in [0.717, 1.165) is 53.3 Å². The van der Waals surface area contributed by atoms with Crippen LogP contribution in [-0.2, 0) is 29.3 Å². The Balaban J connectivity index is 1.33. The molecule has 1 atom stereocenters. The first-order valence-electron chi connectivity index (χ1n) is 11.9. The zero-order valence-electron chi connectivity index (χ0n) is 20.5. The lowest BCUT2D eigenvalue weighted by Crippen LogP contribution is -2.39. The van der Waals surface area contributed by atoms with E-state index >= 15 is 0 Å². The van der Waals surface area contributed by atoms with Crippen LogP contribution in [0.15, 0.2) is 64.9 Å². The SMILES string of the molecule is CN(Cc1ccc(S(=O)(=O)NCC2CCCN2Cc2ccc(C(F)(F)F)cc2)s1)C(=O)c1ccc(Cl)cc1. The zero-order valence-corrected chi connectivity index (χ0v) is 22.9. The van der Waals surface area contributed by atoms with Gasteiger partial charge in [0.2, 0.25) is 10.0 Å². The van der Waals surface area contributed by atoms with Crippen molar-refractivity contribution in [3.05, 3.63) is 87.3 Å². The number of nitrogens with zero attached hydrogens (tertiary/aromatic N) is 2. The Morgan fingerprint density at radius 2 is 1.79 bits per heavy atom. The molecule has 0 bridgehead atoms. The number of hydrogen-bond donors (Lipinski definition) is 1. The quantitative estimate of drug-likeness (QED) is 0.353. The molecule has 2 aromatic carbocycles. The highest BCUT2D eigenvalue weighted by molar-refractivity contribution is 7.91. The zero-order chi connectivity index (χ0) is 27.5. The molecule has 6 nitrogen and oxygen atoms in total. The second-order valence-corrected chi connectivity index (χ2v) is 12.8. The summed E-state index contributed by atoms with van der Waals surface area (Å²) in [6.07, 6.45) is -2.71. The van der Waals surface area contributed by atoms with Crippen molar-refractivity contribution >= 4 is 38.9 Å². The van der Waals surface area contributed by atoms with Crippen LogP contribution in [-0.4, -0.2) is 50.3 Å². The maximum Gasteiger partial charge on any atom is 0.416 e. The number of halogens is 4. The predicted octanol–water partition coefficient (Wildman–Crippen LogP) is 5.64. The lowest BCUT2D eigenvalue weighted by Gasteiger charge is -2.24. The third-order valence-corrected chi connectivity index (χ3v) is 9.65. The van der Waals surface area contributed by atoms with Crippen molar-refractivity contribution < 1.29 is 26.4 Å². The molecule has 1 amide bonds. The van der Waals surface area contributed by atoms with E-state index in [0.29, 0.717) is 17.1 Å². The summed E-state index contributed by atoms with van der Waals surface area (Å²) in [4.78, 5) is 17.0. The number of sulfonamides is 1. The van der Waals surface area contributed by atoms with E-state index in [1.54, 1.807) is 37.4 Å². The van der Waals surface area contributed by atoms with Crippen LogP contribution < -0.4 is 4.72 Å². The number of carbonyl (C=O) groups is 1. The standard InChI is InChI=1S/C26H27ClF3N3O3S2/c1-32(25(34)19-6-10-21(27)11-7-19)17-23-12-13-24(37-23)38(35,36)31-15-22-3-2-14-33(22)16-18-4-8-20(9-5-18)26(28,29)30/h4-13,22,31H,2-3,14-17H2,1H3. The summed E-state index contributed by atoms with van der Waals surface area (Å²) in [5, 5.41) is 0.533. The second-order valence-electron chi connectivity index (χ2n) is 9.20. The summed E-state index contributed by atoms with van der Waals surface area (Å²) < 4.78 is 67.2. The molecule has 0 radical (unpaired) electrons. The molecule has 3 aromatic rings. The number of benzene rings is 2. The minimum Gasteiger partial charge on any atom is -0.337 e. The highest BCUT2D eigenvalue weighted by Crippen LogP contribution is 2.30. The summed E-state index contributed by atoms with van der Waals surface area (Å²) in [5.74, 6) is -0.202. The van der Waals surface area contributed by atoms with Crippen molar-refractivity contribution in [2.24, 2.45) is 0 Å². The molecule has 0 aliphatic carbocycles. The van der Waals surface area contributed by atoms with E-state index in [4.69, 9.17) is 11.6 Å². The van der Waals surface area contributed by atoms with Gasteiger partial charge in [-0.1, -0.05) is 23.7 Å². The molecule has 0 spiro atoms. The van der Waals surface area contributed by atoms with Crippen molar-refractivity contribution in [1.29, 1.82) is 0 Å². The Bertz CT molecular complexity index is 1360. The summed E-state index contributed by atoms with van der Waals surface area (Å²) >= 11 is 6.98. The van der Waals surface area contributed by atoms with Crippen molar-refractivity contribution in [3.8, 4) is 0 Å². The minimum absolute atomic E-state index is 0.0605. The summed E-state index contributed by atoms with van der Waals surface area (Å²) in [5.41, 5.74) is 0.538. The van der Waals surface area contributed by atoms with Gasteiger partial charge in [-0.2, -0.15) is 13.2 Å². The number of alkyl halides is 3. The van der Waals surface area contributed by atoms with Gasteiger partial charge in [0.1, 0.15) is 4.21 Å². The van der Waals surface area contributed by atoms with Crippen molar-refractivity contribution in [2.45, 2.75) is 42.4 Å². The van der Waals surface area contributed by atoms with Gasteiger partial charge in [0, 0.05) is 41.6 Å². The van der Waals surface area contributed by atoms with E-state index in [1.807, 2.05) is 0 Å². The van der Waals surface area contributed by atoms with Gasteiger partial charge >= 0.3 is 6.18 Å². The molecule has 12 heteroatoms. The van der Waals surface area contributed by atoms with Crippen LogP contribution >= 0.6 is 22.9 Å². The number of likely N-dealkylation sites (tertiary alicyclic amines) is 1. The maximum atomic E-state index is 13.0. The molecule has 4 rings (SSSR count). The van der Waals surface area contributed by atoms with Crippen LogP contribution in [0, 0.1) is 0 Å². The van der Waals surface area contributed by atoms with E-state index in [9.17, 15) is 26.4 Å². The average Bonchev–Trinajstić information content (AvgIpc) is 3.52. The monoisotopic (exact) mass is 585 g/mol. The van der Waals surface area contributed by atoms with Gasteiger partial charge < -0.3 is 4.90 Å². The van der Waals surface area contributed by atoms with E-state index < -0.39 is 21.8 Å². The first-order chi connectivity index (χ1) is 17.9. The van der Waals surface area contributed by atoms with Crippen LogP contribution in [0.1, 0.15) is 39.2 Å². The molecule has 38 heavy (non-hydrogen) atoms. The average molecular weight is 586 g/mol. The van der Waals surface area contributed by atoms with Gasteiger partial charge in [-0.25, -0.2) is 13.1 Å². The van der Waals surface area contributed by atoms with Crippen LogP contribution in [0.4, 0.5) is 13.2 Å². The number of nitrogens with one attached hydrogen (secondary N) is 1. The first-order valence-corrected chi connectivity index (χ1v) is 14.6. The molecule has 1 aliphatic heterocycles. The predicted molar refractivity (Wildman–Crippen MR) is 142 cm³/mol. The van der Waals surface area contributed by atoms with E-state index in [-0.39, 0.29) is 29.2 Å². The number of rotatable bonds is 9. The normalized spacial score (nSPS) is 16.6. The fourth-order valence-corrected chi connectivity index (χ4v) is 7.00. The summed E-state index contributed by atoms with van der Waals surface area (Å²) in [7, 11) is -2.11. The molecule has 204 valence electrons. The Morgan fingerprint density at radius 1 is 1.11 bits per heavy atom. The Labute approximate surface area is 229 Å². The van der Waals surface area contributed by atoms with Crippen LogP contribution in [0.2, 0.25) is 5.02 Å².